The van der Waals surface area contributed by atoms with Crippen LogP contribution in [0.2, 0.25) is 0 Å². The predicted molar refractivity (Wildman–Crippen MR) is 73.3 cm³/mol. The van der Waals surface area contributed by atoms with Crippen LogP contribution in [0.1, 0.15) is 54.4 Å². The van der Waals surface area contributed by atoms with Crippen molar-refractivity contribution in [2.45, 2.75) is 44.9 Å². The lowest BCUT2D eigenvalue weighted by Gasteiger charge is -2.23. The second-order valence-corrected chi connectivity index (χ2v) is 5.25. The van der Waals surface area contributed by atoms with Crippen molar-refractivity contribution < 1.29 is 14.7 Å². The largest absolute Gasteiger partial charge is 0.481 e. The number of unbranched alkanes of at least 4 members (excludes halogenated alkanes) is 2. The molecule has 0 bridgehead atoms. The summed E-state index contributed by atoms with van der Waals surface area (Å²) in [6, 6.07) is 7.87. The van der Waals surface area contributed by atoms with Crippen LogP contribution in [0.4, 0.5) is 0 Å². The lowest BCUT2D eigenvalue weighted by molar-refractivity contribution is -0.137. The summed E-state index contributed by atoms with van der Waals surface area (Å²) < 4.78 is 0. The van der Waals surface area contributed by atoms with E-state index >= 15 is 0 Å². The van der Waals surface area contributed by atoms with E-state index in [-0.39, 0.29) is 18.1 Å². The summed E-state index contributed by atoms with van der Waals surface area (Å²) in [5.41, 5.74) is 2.07. The number of aryl methyl sites for hydroxylation is 1. The second kappa shape index (κ2) is 6.50. The molecule has 1 unspecified atom stereocenters. The van der Waals surface area contributed by atoms with Gasteiger partial charge >= 0.3 is 5.97 Å². The number of carboxylic acids is 1. The minimum absolute atomic E-state index is 0.139. The van der Waals surface area contributed by atoms with Crippen molar-refractivity contribution in [3.8, 4) is 0 Å². The molecule has 1 aliphatic carbocycles. The Morgan fingerprint density at radius 3 is 2.79 bits per heavy atom. The molecule has 0 saturated heterocycles. The summed E-state index contributed by atoms with van der Waals surface area (Å²) in [4.78, 5) is 22.7. The van der Waals surface area contributed by atoms with Gasteiger partial charge in [-0.25, -0.2) is 0 Å². The van der Waals surface area contributed by atoms with Gasteiger partial charge in [-0.2, -0.15) is 0 Å². The molecule has 0 fully saturated rings. The molecule has 0 aromatic heterocycles. The first kappa shape index (κ1) is 13.8. The Morgan fingerprint density at radius 2 is 2.00 bits per heavy atom. The summed E-state index contributed by atoms with van der Waals surface area (Å²) in [5.74, 6) is -0.317. The zero-order valence-electron chi connectivity index (χ0n) is 11.1. The minimum atomic E-state index is -0.734. The molecule has 1 N–H and O–H groups in total. The van der Waals surface area contributed by atoms with Gasteiger partial charge in [0, 0.05) is 17.9 Å². The third-order valence-corrected chi connectivity index (χ3v) is 3.86. The number of fused-ring (bicyclic) bond motifs is 1. The highest BCUT2D eigenvalue weighted by Gasteiger charge is 2.26. The summed E-state index contributed by atoms with van der Waals surface area (Å²) in [5, 5.41) is 8.56. The molecule has 3 heteroatoms. The van der Waals surface area contributed by atoms with Crippen LogP contribution >= 0.6 is 0 Å². The molecule has 0 heterocycles. The fourth-order valence-electron chi connectivity index (χ4n) is 2.78. The number of rotatable bonds is 6. The molecule has 0 radical (unpaired) electrons. The molecule has 0 saturated carbocycles. The Morgan fingerprint density at radius 1 is 1.21 bits per heavy atom. The molecule has 2 rings (SSSR count). The van der Waals surface area contributed by atoms with Gasteiger partial charge in [0.05, 0.1) is 0 Å². The maximum atomic E-state index is 12.3. The van der Waals surface area contributed by atoms with E-state index in [0.29, 0.717) is 6.42 Å². The van der Waals surface area contributed by atoms with E-state index < -0.39 is 5.97 Å². The number of hydrogen-bond donors (Lipinski definition) is 1. The first-order valence-corrected chi connectivity index (χ1v) is 7.02. The maximum absolute atomic E-state index is 12.3. The quantitative estimate of drug-likeness (QED) is 0.797. The molecular weight excluding hydrogens is 240 g/mol. The number of carbonyl (C=O) groups is 2. The van der Waals surface area contributed by atoms with Crippen molar-refractivity contribution in [3.63, 3.8) is 0 Å². The average molecular weight is 260 g/mol. The molecule has 102 valence electrons. The van der Waals surface area contributed by atoms with Gasteiger partial charge in [0.25, 0.3) is 0 Å². The van der Waals surface area contributed by atoms with Crippen molar-refractivity contribution in [2.75, 3.05) is 0 Å². The van der Waals surface area contributed by atoms with Gasteiger partial charge < -0.3 is 5.11 Å². The van der Waals surface area contributed by atoms with Crippen molar-refractivity contribution in [1.29, 1.82) is 0 Å². The van der Waals surface area contributed by atoms with Crippen LogP contribution in [-0.2, 0) is 11.2 Å². The first-order valence-electron chi connectivity index (χ1n) is 7.02. The van der Waals surface area contributed by atoms with Crippen LogP contribution < -0.4 is 0 Å². The van der Waals surface area contributed by atoms with E-state index in [9.17, 15) is 9.59 Å². The molecule has 0 amide bonds. The fourth-order valence-corrected chi connectivity index (χ4v) is 2.78. The van der Waals surface area contributed by atoms with E-state index in [1.807, 2.05) is 24.3 Å². The number of carbonyl (C=O) groups excluding carboxylic acids is 1. The topological polar surface area (TPSA) is 54.4 Å². The van der Waals surface area contributed by atoms with Crippen LogP contribution in [0, 0.1) is 5.92 Å². The number of ketones is 1. The SMILES string of the molecule is O=C(O)CCCCCC1CCc2ccccc2C1=O. The molecule has 19 heavy (non-hydrogen) atoms. The highest BCUT2D eigenvalue weighted by molar-refractivity contribution is 6.00. The highest BCUT2D eigenvalue weighted by atomic mass is 16.4. The molecule has 1 aromatic rings. The van der Waals surface area contributed by atoms with Crippen LogP contribution in [0.3, 0.4) is 0 Å². The summed E-state index contributed by atoms with van der Waals surface area (Å²) in [6.07, 6.45) is 5.63. The zero-order valence-corrected chi connectivity index (χ0v) is 11.1. The standard InChI is InChI=1S/C16H20O3/c17-15(18)9-3-1-2-7-13-11-10-12-6-4-5-8-14(12)16(13)19/h4-6,8,13H,1-3,7,9-11H2,(H,17,18). The minimum Gasteiger partial charge on any atom is -0.481 e. The van der Waals surface area contributed by atoms with Crippen molar-refractivity contribution in [1.82, 2.24) is 0 Å². The molecule has 0 spiro atoms. The smallest absolute Gasteiger partial charge is 0.303 e. The van der Waals surface area contributed by atoms with Gasteiger partial charge in [0.2, 0.25) is 0 Å². The van der Waals surface area contributed by atoms with Crippen LogP contribution in [0.25, 0.3) is 0 Å². The Labute approximate surface area is 113 Å². The third-order valence-electron chi connectivity index (χ3n) is 3.86. The van der Waals surface area contributed by atoms with Gasteiger partial charge in [-0.1, -0.05) is 37.1 Å². The number of benzene rings is 1. The van der Waals surface area contributed by atoms with E-state index in [1.54, 1.807) is 0 Å². The zero-order chi connectivity index (χ0) is 13.7. The molecule has 1 atom stereocenters. The van der Waals surface area contributed by atoms with Gasteiger partial charge in [-0.3, -0.25) is 9.59 Å². The number of aliphatic carboxylic acids is 1. The van der Waals surface area contributed by atoms with Gasteiger partial charge in [-0.05, 0) is 31.2 Å². The van der Waals surface area contributed by atoms with E-state index in [2.05, 4.69) is 0 Å². The summed E-state index contributed by atoms with van der Waals surface area (Å²) >= 11 is 0. The predicted octanol–water partition coefficient (Wildman–Crippen LogP) is 3.47. The van der Waals surface area contributed by atoms with Crippen LogP contribution in [-0.4, -0.2) is 16.9 Å². The van der Waals surface area contributed by atoms with Crippen molar-refractivity contribution >= 4 is 11.8 Å². The van der Waals surface area contributed by atoms with E-state index in [4.69, 9.17) is 5.11 Å². The lowest BCUT2D eigenvalue weighted by Crippen LogP contribution is -2.22. The van der Waals surface area contributed by atoms with Crippen LogP contribution in [0.15, 0.2) is 24.3 Å². The molecule has 1 aliphatic rings. The normalized spacial score (nSPS) is 18.1. The van der Waals surface area contributed by atoms with Crippen LogP contribution in [0.5, 0.6) is 0 Å². The van der Waals surface area contributed by atoms with Gasteiger partial charge in [0.1, 0.15) is 0 Å². The average Bonchev–Trinajstić information content (AvgIpc) is 2.41. The Kier molecular flexibility index (Phi) is 4.72. The lowest BCUT2D eigenvalue weighted by atomic mass is 9.80. The number of hydrogen-bond acceptors (Lipinski definition) is 2. The van der Waals surface area contributed by atoms with E-state index in [0.717, 1.165) is 37.7 Å². The second-order valence-electron chi connectivity index (χ2n) is 5.25. The third kappa shape index (κ3) is 3.66. The number of carboxylic acid groups (broad SMARTS) is 1. The highest BCUT2D eigenvalue weighted by Crippen LogP contribution is 2.28. The summed E-state index contributed by atoms with van der Waals surface area (Å²) in [7, 11) is 0. The Balaban J connectivity index is 1.80. The van der Waals surface area contributed by atoms with Gasteiger partial charge in [0.15, 0.2) is 5.78 Å². The molecular formula is C16H20O3. The Bertz CT molecular complexity index is 465. The Hall–Kier alpha value is -1.64. The van der Waals surface area contributed by atoms with Crippen molar-refractivity contribution in [3.05, 3.63) is 35.4 Å². The number of Topliss-reactive ketones (excluding diaryl/α,β-unsaturated/α-hetero) is 1. The van der Waals surface area contributed by atoms with Crippen molar-refractivity contribution in [2.24, 2.45) is 5.92 Å². The first-order chi connectivity index (χ1) is 9.18. The fraction of sp³-hybridized carbons (Fsp3) is 0.500. The summed E-state index contributed by atoms with van der Waals surface area (Å²) in [6.45, 7) is 0. The molecule has 3 nitrogen and oxygen atoms in total. The maximum Gasteiger partial charge on any atom is 0.303 e. The monoisotopic (exact) mass is 260 g/mol. The van der Waals surface area contributed by atoms with E-state index in [1.165, 1.54) is 5.56 Å². The van der Waals surface area contributed by atoms with Gasteiger partial charge in [-0.15, -0.1) is 0 Å². The molecule has 0 aliphatic heterocycles. The molecule has 1 aromatic carbocycles.